The maximum absolute atomic E-state index is 11.9. The van der Waals surface area contributed by atoms with Gasteiger partial charge in [0.05, 0.1) is 18.0 Å². The molecule has 0 saturated carbocycles. The van der Waals surface area contributed by atoms with Crippen molar-refractivity contribution < 1.29 is 9.53 Å². The molecule has 1 saturated heterocycles. The van der Waals surface area contributed by atoms with Crippen molar-refractivity contribution in [3.63, 3.8) is 0 Å². The summed E-state index contributed by atoms with van der Waals surface area (Å²) >= 11 is 0. The fraction of sp³-hybridized carbons (Fsp3) is 0.455. The third kappa shape index (κ3) is 2.05. The molecule has 3 N–H and O–H groups in total. The molecule has 1 aromatic rings. The van der Waals surface area contributed by atoms with Crippen LogP contribution in [-0.2, 0) is 9.53 Å². The fourth-order valence-corrected chi connectivity index (χ4v) is 1.62. The van der Waals surface area contributed by atoms with E-state index in [4.69, 9.17) is 10.5 Å². The van der Waals surface area contributed by atoms with E-state index in [-0.39, 0.29) is 12.5 Å². The second kappa shape index (κ2) is 4.19. The number of rotatable bonds is 2. The summed E-state index contributed by atoms with van der Waals surface area (Å²) in [6, 6.07) is 3.58. The lowest BCUT2D eigenvalue weighted by atomic mass is 9.99. The average molecular weight is 221 g/mol. The van der Waals surface area contributed by atoms with Crippen LogP contribution in [0.1, 0.15) is 12.1 Å². The Morgan fingerprint density at radius 2 is 2.50 bits per heavy atom. The van der Waals surface area contributed by atoms with E-state index in [9.17, 15) is 4.79 Å². The van der Waals surface area contributed by atoms with Gasteiger partial charge in [-0.15, -0.1) is 0 Å². The Bertz CT molecular complexity index is 400. The van der Waals surface area contributed by atoms with Gasteiger partial charge in [-0.1, -0.05) is 0 Å². The molecule has 86 valence electrons. The number of amides is 1. The Kier molecular flexibility index (Phi) is 2.89. The van der Waals surface area contributed by atoms with Gasteiger partial charge in [0.15, 0.2) is 0 Å². The number of nitrogens with two attached hydrogens (primary N) is 1. The SMILES string of the molecule is Cc1ncccc1NC(=O)C1(N)CCOC1. The molecule has 0 spiro atoms. The molecule has 5 heteroatoms. The maximum atomic E-state index is 11.9. The Labute approximate surface area is 94.0 Å². The molecule has 1 aliphatic heterocycles. The van der Waals surface area contributed by atoms with Crippen molar-refractivity contribution in [1.29, 1.82) is 0 Å². The minimum atomic E-state index is -0.901. The van der Waals surface area contributed by atoms with Crippen LogP contribution in [0, 0.1) is 6.92 Å². The number of nitrogens with zero attached hydrogens (tertiary/aromatic N) is 1. The number of hydrogen-bond donors (Lipinski definition) is 2. The summed E-state index contributed by atoms with van der Waals surface area (Å²) in [6.07, 6.45) is 2.24. The quantitative estimate of drug-likeness (QED) is 0.760. The average Bonchev–Trinajstić information content (AvgIpc) is 2.70. The van der Waals surface area contributed by atoms with Gasteiger partial charge in [-0.2, -0.15) is 0 Å². The topological polar surface area (TPSA) is 77.2 Å². The van der Waals surface area contributed by atoms with E-state index >= 15 is 0 Å². The maximum Gasteiger partial charge on any atom is 0.246 e. The molecule has 0 radical (unpaired) electrons. The standard InChI is InChI=1S/C11H15N3O2/c1-8-9(3-2-5-13-8)14-10(15)11(12)4-6-16-7-11/h2-3,5H,4,6-7,12H2,1H3,(H,14,15). The number of hydrogen-bond acceptors (Lipinski definition) is 4. The predicted octanol–water partition coefficient (Wildman–Crippen LogP) is 0.446. The zero-order chi connectivity index (χ0) is 11.6. The largest absolute Gasteiger partial charge is 0.379 e. The predicted molar refractivity (Wildman–Crippen MR) is 60.0 cm³/mol. The molecule has 1 amide bonds. The van der Waals surface area contributed by atoms with Crippen LogP contribution < -0.4 is 11.1 Å². The second-order valence-electron chi connectivity index (χ2n) is 4.05. The number of ether oxygens (including phenoxy) is 1. The van der Waals surface area contributed by atoms with Crippen molar-refractivity contribution in [2.24, 2.45) is 5.73 Å². The summed E-state index contributed by atoms with van der Waals surface area (Å²) in [6.45, 7) is 2.65. The lowest BCUT2D eigenvalue weighted by Gasteiger charge is -2.20. The van der Waals surface area contributed by atoms with Crippen LogP contribution in [0.25, 0.3) is 0 Å². The van der Waals surface area contributed by atoms with Crippen molar-refractivity contribution in [1.82, 2.24) is 4.98 Å². The van der Waals surface area contributed by atoms with Gasteiger partial charge in [0.1, 0.15) is 5.54 Å². The number of anilines is 1. The first kappa shape index (κ1) is 11.0. The van der Waals surface area contributed by atoms with Crippen molar-refractivity contribution in [3.05, 3.63) is 24.0 Å². The van der Waals surface area contributed by atoms with Gasteiger partial charge in [0, 0.05) is 12.8 Å². The molecule has 2 rings (SSSR count). The van der Waals surface area contributed by atoms with Gasteiger partial charge in [0.25, 0.3) is 0 Å². The van der Waals surface area contributed by atoms with Crippen molar-refractivity contribution in [2.75, 3.05) is 18.5 Å². The summed E-state index contributed by atoms with van der Waals surface area (Å²) in [5, 5.41) is 2.79. The normalized spacial score (nSPS) is 24.4. The third-order valence-corrected chi connectivity index (χ3v) is 2.76. The molecule has 1 aliphatic rings. The Morgan fingerprint density at radius 1 is 1.69 bits per heavy atom. The minimum Gasteiger partial charge on any atom is -0.379 e. The van der Waals surface area contributed by atoms with Crippen LogP contribution in [0.5, 0.6) is 0 Å². The highest BCUT2D eigenvalue weighted by atomic mass is 16.5. The zero-order valence-electron chi connectivity index (χ0n) is 9.19. The van der Waals surface area contributed by atoms with Gasteiger partial charge in [-0.3, -0.25) is 9.78 Å². The Hall–Kier alpha value is -1.46. The van der Waals surface area contributed by atoms with Crippen molar-refractivity contribution in [2.45, 2.75) is 18.9 Å². The van der Waals surface area contributed by atoms with Gasteiger partial charge in [0.2, 0.25) is 5.91 Å². The monoisotopic (exact) mass is 221 g/mol. The molecule has 1 fully saturated rings. The number of aryl methyl sites for hydroxylation is 1. The highest BCUT2D eigenvalue weighted by Gasteiger charge is 2.38. The van der Waals surface area contributed by atoms with Crippen LogP contribution in [-0.4, -0.2) is 29.6 Å². The molecule has 5 nitrogen and oxygen atoms in total. The highest BCUT2D eigenvalue weighted by molar-refractivity contribution is 5.98. The molecule has 2 heterocycles. The second-order valence-corrected chi connectivity index (χ2v) is 4.05. The third-order valence-electron chi connectivity index (χ3n) is 2.76. The first-order valence-electron chi connectivity index (χ1n) is 5.21. The van der Waals surface area contributed by atoms with Gasteiger partial charge in [-0.25, -0.2) is 0 Å². The molecule has 1 aromatic heterocycles. The summed E-state index contributed by atoms with van der Waals surface area (Å²) in [7, 11) is 0. The van der Waals surface area contributed by atoms with Crippen molar-refractivity contribution >= 4 is 11.6 Å². The summed E-state index contributed by atoms with van der Waals surface area (Å²) in [5.41, 5.74) is 6.52. The van der Waals surface area contributed by atoms with E-state index in [1.807, 2.05) is 6.92 Å². The smallest absolute Gasteiger partial charge is 0.246 e. The summed E-state index contributed by atoms with van der Waals surface area (Å²) in [4.78, 5) is 16.0. The summed E-state index contributed by atoms with van der Waals surface area (Å²) in [5.74, 6) is -0.207. The fourth-order valence-electron chi connectivity index (χ4n) is 1.62. The number of pyridine rings is 1. The molecular weight excluding hydrogens is 206 g/mol. The van der Waals surface area contributed by atoms with Crippen LogP contribution in [0.4, 0.5) is 5.69 Å². The Balaban J connectivity index is 2.10. The summed E-state index contributed by atoms with van der Waals surface area (Å²) < 4.78 is 5.15. The van der Waals surface area contributed by atoms with E-state index in [1.165, 1.54) is 0 Å². The van der Waals surface area contributed by atoms with E-state index in [2.05, 4.69) is 10.3 Å². The van der Waals surface area contributed by atoms with Gasteiger partial charge in [-0.05, 0) is 25.5 Å². The first-order valence-corrected chi connectivity index (χ1v) is 5.21. The number of nitrogens with one attached hydrogen (secondary N) is 1. The zero-order valence-corrected chi connectivity index (χ0v) is 9.19. The molecule has 16 heavy (non-hydrogen) atoms. The molecule has 0 bridgehead atoms. The van der Waals surface area contributed by atoms with E-state index in [0.29, 0.717) is 18.7 Å². The van der Waals surface area contributed by atoms with Crippen molar-refractivity contribution in [3.8, 4) is 0 Å². The molecular formula is C11H15N3O2. The Morgan fingerprint density at radius 3 is 3.12 bits per heavy atom. The number of aromatic nitrogens is 1. The van der Waals surface area contributed by atoms with Gasteiger partial charge < -0.3 is 15.8 Å². The number of carbonyl (C=O) groups is 1. The van der Waals surface area contributed by atoms with Crippen LogP contribution in [0.15, 0.2) is 18.3 Å². The molecule has 1 atom stereocenters. The van der Waals surface area contributed by atoms with Crippen LogP contribution in [0.3, 0.4) is 0 Å². The van der Waals surface area contributed by atoms with E-state index in [0.717, 1.165) is 5.69 Å². The lowest BCUT2D eigenvalue weighted by molar-refractivity contribution is -0.121. The van der Waals surface area contributed by atoms with Crippen LogP contribution in [0.2, 0.25) is 0 Å². The van der Waals surface area contributed by atoms with Gasteiger partial charge >= 0.3 is 0 Å². The minimum absolute atomic E-state index is 0.207. The van der Waals surface area contributed by atoms with E-state index in [1.54, 1.807) is 18.3 Å². The number of carbonyl (C=O) groups excluding carboxylic acids is 1. The lowest BCUT2D eigenvalue weighted by Crippen LogP contribution is -2.51. The molecule has 0 aromatic carbocycles. The van der Waals surface area contributed by atoms with Crippen LogP contribution >= 0.6 is 0 Å². The molecule has 0 aliphatic carbocycles. The highest BCUT2D eigenvalue weighted by Crippen LogP contribution is 2.19. The molecule has 1 unspecified atom stereocenters. The first-order chi connectivity index (χ1) is 7.62. The van der Waals surface area contributed by atoms with E-state index < -0.39 is 5.54 Å².